The Kier molecular flexibility index (Phi) is 4.60. The van der Waals surface area contributed by atoms with Gasteiger partial charge in [0.15, 0.2) is 0 Å². The maximum atomic E-state index is 12.0. The van der Waals surface area contributed by atoms with Gasteiger partial charge < -0.3 is 10.4 Å². The van der Waals surface area contributed by atoms with Crippen molar-refractivity contribution in [1.29, 1.82) is 0 Å². The standard InChI is InChI=1S/C16H14ClNO3/c1-10-4-2-3-5-11(10)8-15(19)18-14-7-12(16(20)21)6-13(17)9-14/h2-7,9H,8H2,1H3,(H,18,19)(H,20,21). The molecule has 108 valence electrons. The summed E-state index contributed by atoms with van der Waals surface area (Å²) in [7, 11) is 0. The summed E-state index contributed by atoms with van der Waals surface area (Å²) in [6, 6.07) is 11.8. The first-order chi connectivity index (χ1) is 9.95. The highest BCUT2D eigenvalue weighted by atomic mass is 35.5. The lowest BCUT2D eigenvalue weighted by Crippen LogP contribution is -2.15. The normalized spacial score (nSPS) is 10.2. The van der Waals surface area contributed by atoms with Gasteiger partial charge >= 0.3 is 5.97 Å². The zero-order valence-corrected chi connectivity index (χ0v) is 12.1. The number of anilines is 1. The number of hydrogen-bond acceptors (Lipinski definition) is 2. The van der Waals surface area contributed by atoms with Crippen LogP contribution in [0.15, 0.2) is 42.5 Å². The zero-order valence-electron chi connectivity index (χ0n) is 11.4. The van der Waals surface area contributed by atoms with Gasteiger partial charge in [0.05, 0.1) is 12.0 Å². The Morgan fingerprint density at radius 2 is 1.90 bits per heavy atom. The summed E-state index contributed by atoms with van der Waals surface area (Å²) >= 11 is 5.85. The molecule has 0 aliphatic carbocycles. The maximum Gasteiger partial charge on any atom is 0.335 e. The van der Waals surface area contributed by atoms with Crippen LogP contribution in [0.5, 0.6) is 0 Å². The smallest absolute Gasteiger partial charge is 0.335 e. The van der Waals surface area contributed by atoms with E-state index in [9.17, 15) is 9.59 Å². The number of aromatic carboxylic acids is 1. The number of carboxylic acid groups (broad SMARTS) is 1. The van der Waals surface area contributed by atoms with Gasteiger partial charge in [-0.2, -0.15) is 0 Å². The van der Waals surface area contributed by atoms with Gasteiger partial charge in [0.2, 0.25) is 5.91 Å². The van der Waals surface area contributed by atoms with Crippen molar-refractivity contribution >= 4 is 29.2 Å². The summed E-state index contributed by atoms with van der Waals surface area (Å²) in [6.07, 6.45) is 0.224. The highest BCUT2D eigenvalue weighted by molar-refractivity contribution is 6.31. The van der Waals surface area contributed by atoms with E-state index in [1.54, 1.807) is 0 Å². The van der Waals surface area contributed by atoms with E-state index in [0.29, 0.717) is 5.69 Å². The summed E-state index contributed by atoms with van der Waals surface area (Å²) in [4.78, 5) is 23.0. The second-order valence-corrected chi connectivity index (χ2v) is 5.12. The lowest BCUT2D eigenvalue weighted by molar-refractivity contribution is -0.115. The van der Waals surface area contributed by atoms with E-state index in [0.717, 1.165) is 11.1 Å². The predicted octanol–water partition coefficient (Wildman–Crippen LogP) is 3.53. The Labute approximate surface area is 127 Å². The molecule has 4 nitrogen and oxygen atoms in total. The number of nitrogens with one attached hydrogen (secondary N) is 1. The Hall–Kier alpha value is -2.33. The van der Waals surface area contributed by atoms with Crippen molar-refractivity contribution in [3.63, 3.8) is 0 Å². The van der Waals surface area contributed by atoms with Gasteiger partial charge in [-0.05, 0) is 36.2 Å². The molecule has 0 fully saturated rings. The van der Waals surface area contributed by atoms with Crippen LogP contribution in [0, 0.1) is 6.92 Å². The summed E-state index contributed by atoms with van der Waals surface area (Å²) in [6.45, 7) is 1.94. The maximum absolute atomic E-state index is 12.0. The molecule has 0 atom stereocenters. The number of aryl methyl sites for hydroxylation is 1. The number of hydrogen-bond donors (Lipinski definition) is 2. The van der Waals surface area contributed by atoms with E-state index < -0.39 is 5.97 Å². The van der Waals surface area contributed by atoms with Gasteiger partial charge in [-0.1, -0.05) is 35.9 Å². The van der Waals surface area contributed by atoms with Gasteiger partial charge in [0.1, 0.15) is 0 Å². The molecule has 0 heterocycles. The molecule has 0 saturated heterocycles. The lowest BCUT2D eigenvalue weighted by Gasteiger charge is -2.08. The number of amides is 1. The minimum absolute atomic E-state index is 0.0358. The molecule has 0 saturated carbocycles. The Morgan fingerprint density at radius 1 is 1.19 bits per heavy atom. The molecule has 5 heteroatoms. The molecule has 0 aliphatic heterocycles. The van der Waals surface area contributed by atoms with E-state index in [1.165, 1.54) is 18.2 Å². The first-order valence-electron chi connectivity index (χ1n) is 6.34. The van der Waals surface area contributed by atoms with Crippen LogP contribution in [-0.4, -0.2) is 17.0 Å². The average Bonchev–Trinajstić information content (AvgIpc) is 2.40. The van der Waals surface area contributed by atoms with Crippen molar-refractivity contribution in [2.75, 3.05) is 5.32 Å². The molecule has 2 rings (SSSR count). The number of carbonyl (C=O) groups is 2. The molecule has 1 amide bonds. The van der Waals surface area contributed by atoms with Crippen LogP contribution in [-0.2, 0) is 11.2 Å². The molecular formula is C16H14ClNO3. The molecule has 0 aliphatic rings. The third-order valence-corrected chi connectivity index (χ3v) is 3.26. The second kappa shape index (κ2) is 6.41. The van der Waals surface area contributed by atoms with Gasteiger partial charge in [-0.25, -0.2) is 4.79 Å². The predicted molar refractivity (Wildman–Crippen MR) is 81.9 cm³/mol. The molecule has 21 heavy (non-hydrogen) atoms. The van der Waals surface area contributed by atoms with E-state index in [1.807, 2.05) is 31.2 Å². The molecule has 0 unspecified atom stereocenters. The van der Waals surface area contributed by atoms with Crippen molar-refractivity contribution in [1.82, 2.24) is 0 Å². The molecule has 2 aromatic rings. The summed E-state index contributed by atoms with van der Waals surface area (Å²) in [5.74, 6) is -1.31. The fourth-order valence-electron chi connectivity index (χ4n) is 1.97. The van der Waals surface area contributed by atoms with Crippen LogP contribution in [0.4, 0.5) is 5.69 Å². The highest BCUT2D eigenvalue weighted by Gasteiger charge is 2.10. The summed E-state index contributed by atoms with van der Waals surface area (Å²) in [5.41, 5.74) is 2.37. The topological polar surface area (TPSA) is 66.4 Å². The molecule has 0 spiro atoms. The van der Waals surface area contributed by atoms with E-state index >= 15 is 0 Å². The number of carbonyl (C=O) groups excluding carboxylic acids is 1. The lowest BCUT2D eigenvalue weighted by atomic mass is 10.1. The first-order valence-corrected chi connectivity index (χ1v) is 6.72. The summed E-state index contributed by atoms with van der Waals surface area (Å²) in [5, 5.41) is 11.9. The van der Waals surface area contributed by atoms with Crippen molar-refractivity contribution < 1.29 is 14.7 Å². The fourth-order valence-corrected chi connectivity index (χ4v) is 2.21. The largest absolute Gasteiger partial charge is 0.478 e. The molecule has 0 radical (unpaired) electrons. The van der Waals surface area contributed by atoms with Crippen LogP contribution in [0.2, 0.25) is 5.02 Å². The van der Waals surface area contributed by atoms with Crippen LogP contribution in [0.3, 0.4) is 0 Å². The first kappa shape index (κ1) is 15.1. The minimum atomic E-state index is -1.09. The average molecular weight is 304 g/mol. The summed E-state index contributed by atoms with van der Waals surface area (Å²) < 4.78 is 0. The monoisotopic (exact) mass is 303 g/mol. The number of benzene rings is 2. The Morgan fingerprint density at radius 3 is 2.57 bits per heavy atom. The van der Waals surface area contributed by atoms with Crippen molar-refractivity contribution in [3.05, 3.63) is 64.2 Å². The van der Waals surface area contributed by atoms with E-state index in [4.69, 9.17) is 16.7 Å². The van der Waals surface area contributed by atoms with E-state index in [2.05, 4.69) is 5.32 Å². The van der Waals surface area contributed by atoms with Crippen LogP contribution >= 0.6 is 11.6 Å². The minimum Gasteiger partial charge on any atom is -0.478 e. The fraction of sp³-hybridized carbons (Fsp3) is 0.125. The molecule has 0 bridgehead atoms. The van der Waals surface area contributed by atoms with Gasteiger partial charge in [-0.3, -0.25) is 4.79 Å². The second-order valence-electron chi connectivity index (χ2n) is 4.69. The molecule has 2 aromatic carbocycles. The van der Waals surface area contributed by atoms with Gasteiger partial charge in [0.25, 0.3) is 0 Å². The van der Waals surface area contributed by atoms with Gasteiger partial charge in [0, 0.05) is 10.7 Å². The SMILES string of the molecule is Cc1ccccc1CC(=O)Nc1cc(Cl)cc(C(=O)O)c1. The quantitative estimate of drug-likeness (QED) is 0.908. The van der Waals surface area contributed by atoms with Crippen molar-refractivity contribution in [2.24, 2.45) is 0 Å². The third-order valence-electron chi connectivity index (χ3n) is 3.04. The highest BCUT2D eigenvalue weighted by Crippen LogP contribution is 2.19. The Bertz CT molecular complexity index is 698. The number of rotatable bonds is 4. The Balaban J connectivity index is 2.13. The molecular weight excluding hydrogens is 290 g/mol. The van der Waals surface area contributed by atoms with Crippen molar-refractivity contribution in [2.45, 2.75) is 13.3 Å². The van der Waals surface area contributed by atoms with E-state index in [-0.39, 0.29) is 22.9 Å². The molecule has 2 N–H and O–H groups in total. The van der Waals surface area contributed by atoms with Crippen molar-refractivity contribution in [3.8, 4) is 0 Å². The van der Waals surface area contributed by atoms with Crippen LogP contribution < -0.4 is 5.32 Å². The zero-order chi connectivity index (χ0) is 15.4. The van der Waals surface area contributed by atoms with Crippen LogP contribution in [0.1, 0.15) is 21.5 Å². The molecule has 0 aromatic heterocycles. The van der Waals surface area contributed by atoms with Gasteiger partial charge in [-0.15, -0.1) is 0 Å². The number of halogens is 1. The number of carboxylic acids is 1. The van der Waals surface area contributed by atoms with Crippen LogP contribution in [0.25, 0.3) is 0 Å². The third kappa shape index (κ3) is 4.07.